The summed E-state index contributed by atoms with van der Waals surface area (Å²) < 4.78 is 13.1. The number of nitrogens with one attached hydrogen (secondary N) is 2. The Labute approximate surface area is 312 Å². The highest BCUT2D eigenvalue weighted by Crippen LogP contribution is 2.45. The SMILES string of the molecule is COC(=O)C1=C(C)NC(C)=C(C(C)=O)C1c1csc2ccc(Br)cc12.COC(=O)C1=C(C)NC(C)=C(C(C)=O)C1c1csc2ccc(C#N)cc12. The number of methoxy groups -OCH3 is 2. The molecule has 4 aromatic rings. The lowest BCUT2D eigenvalue weighted by Gasteiger charge is -2.30. The van der Waals surface area contributed by atoms with Crippen LogP contribution in [0.4, 0.5) is 0 Å². The molecule has 2 atom stereocenters. The van der Waals surface area contributed by atoms with Gasteiger partial charge in [-0.1, -0.05) is 15.9 Å². The van der Waals surface area contributed by atoms with Crippen LogP contribution < -0.4 is 10.6 Å². The number of hydrogen-bond donors (Lipinski definition) is 2. The third-order valence-electron chi connectivity index (χ3n) is 9.01. The number of halogens is 1. The van der Waals surface area contributed by atoms with Gasteiger partial charge in [0.05, 0.1) is 37.0 Å². The number of ether oxygens (including phenoxy) is 2. The molecular weight excluding hydrogens is 750 g/mol. The van der Waals surface area contributed by atoms with Crippen LogP contribution in [0.1, 0.15) is 70.1 Å². The lowest BCUT2D eigenvalue weighted by Crippen LogP contribution is -2.30. The largest absolute Gasteiger partial charge is 0.466 e. The third-order valence-corrected chi connectivity index (χ3v) is 11.5. The molecule has 0 amide bonds. The number of fused-ring (bicyclic) bond motifs is 2. The fraction of sp³-hybridized carbons (Fsp3) is 0.256. The molecule has 2 unspecified atom stereocenters. The first-order chi connectivity index (χ1) is 24.2. The molecule has 0 bridgehead atoms. The minimum Gasteiger partial charge on any atom is -0.466 e. The first-order valence-corrected chi connectivity index (χ1v) is 18.4. The normalized spacial score (nSPS) is 17.4. The number of benzene rings is 2. The van der Waals surface area contributed by atoms with Crippen molar-refractivity contribution in [3.63, 3.8) is 0 Å². The molecule has 2 aromatic heterocycles. The number of dihydropyridines is 2. The maximum atomic E-state index is 12.5. The van der Waals surface area contributed by atoms with Gasteiger partial charge in [0, 0.05) is 59.6 Å². The van der Waals surface area contributed by atoms with Crippen molar-refractivity contribution in [3.05, 3.63) is 113 Å². The summed E-state index contributed by atoms with van der Waals surface area (Å²) in [5, 5.41) is 21.4. The van der Waals surface area contributed by atoms with E-state index < -0.39 is 23.8 Å². The fourth-order valence-corrected chi connectivity index (χ4v) is 9.19. The van der Waals surface area contributed by atoms with E-state index in [-0.39, 0.29) is 11.6 Å². The number of carbonyl (C=O) groups is 4. The fourth-order valence-electron chi connectivity index (χ4n) is 6.89. The number of rotatable bonds is 6. The summed E-state index contributed by atoms with van der Waals surface area (Å²) in [6.45, 7) is 10.4. The van der Waals surface area contributed by atoms with Crippen molar-refractivity contribution in [2.45, 2.75) is 53.4 Å². The molecule has 2 N–H and O–H groups in total. The molecule has 0 saturated carbocycles. The number of carbonyl (C=O) groups excluding carboxylic acids is 4. The molecule has 6 rings (SSSR count). The van der Waals surface area contributed by atoms with E-state index >= 15 is 0 Å². The second kappa shape index (κ2) is 15.2. The Morgan fingerprint density at radius 3 is 1.51 bits per heavy atom. The van der Waals surface area contributed by atoms with Crippen molar-refractivity contribution in [1.29, 1.82) is 5.26 Å². The van der Waals surface area contributed by atoms with Gasteiger partial charge in [0.15, 0.2) is 11.6 Å². The highest BCUT2D eigenvalue weighted by Gasteiger charge is 2.38. The maximum absolute atomic E-state index is 12.5. The van der Waals surface area contributed by atoms with E-state index in [1.54, 1.807) is 30.4 Å². The van der Waals surface area contributed by atoms with Crippen LogP contribution in [-0.4, -0.2) is 37.7 Å². The molecule has 2 aliphatic heterocycles. The summed E-state index contributed by atoms with van der Waals surface area (Å²) in [6.07, 6.45) is 0. The van der Waals surface area contributed by atoms with Gasteiger partial charge in [-0.2, -0.15) is 5.26 Å². The van der Waals surface area contributed by atoms with Gasteiger partial charge in [0.1, 0.15) is 0 Å². The number of thiophene rings is 2. The summed E-state index contributed by atoms with van der Waals surface area (Å²) in [5.41, 5.74) is 7.26. The summed E-state index contributed by atoms with van der Waals surface area (Å²) in [5.74, 6) is -2.02. The molecule has 4 heterocycles. The van der Waals surface area contributed by atoms with E-state index in [0.717, 1.165) is 47.2 Å². The maximum Gasteiger partial charge on any atom is 0.336 e. The van der Waals surface area contributed by atoms with Crippen LogP contribution in [0, 0.1) is 11.3 Å². The zero-order valence-electron chi connectivity index (χ0n) is 29.4. The predicted molar refractivity (Wildman–Crippen MR) is 204 cm³/mol. The molecule has 2 aromatic carbocycles. The molecule has 0 aliphatic carbocycles. The Hall–Kier alpha value is -4.83. The van der Waals surface area contributed by atoms with Gasteiger partial charge in [0.2, 0.25) is 0 Å². The van der Waals surface area contributed by atoms with Crippen LogP contribution in [0.15, 0.2) is 96.7 Å². The first kappa shape index (κ1) is 37.4. The first-order valence-electron chi connectivity index (χ1n) is 15.9. The third kappa shape index (κ3) is 7.06. The quantitative estimate of drug-likeness (QED) is 0.185. The van der Waals surface area contributed by atoms with Crippen molar-refractivity contribution < 1.29 is 28.7 Å². The minimum atomic E-state index is -0.524. The Kier molecular flexibility index (Phi) is 11.1. The van der Waals surface area contributed by atoms with Crippen molar-refractivity contribution in [2.75, 3.05) is 14.2 Å². The van der Waals surface area contributed by atoms with E-state index in [0.29, 0.717) is 39.2 Å². The van der Waals surface area contributed by atoms with Crippen LogP contribution in [0.5, 0.6) is 0 Å². The molecule has 262 valence electrons. The average Bonchev–Trinajstić information content (AvgIpc) is 3.70. The van der Waals surface area contributed by atoms with Gasteiger partial charge in [0.25, 0.3) is 0 Å². The molecule has 0 spiro atoms. The zero-order valence-corrected chi connectivity index (χ0v) is 32.6. The number of Topliss-reactive ketones (excluding diaryl/α,β-unsaturated/α-hetero) is 2. The molecule has 0 radical (unpaired) electrons. The summed E-state index contributed by atoms with van der Waals surface area (Å²) in [6, 6.07) is 13.7. The molecule has 0 saturated heterocycles. The van der Waals surface area contributed by atoms with Crippen molar-refractivity contribution >= 4 is 82.3 Å². The van der Waals surface area contributed by atoms with Crippen LogP contribution in [-0.2, 0) is 28.7 Å². The highest BCUT2D eigenvalue weighted by molar-refractivity contribution is 9.10. The smallest absolute Gasteiger partial charge is 0.336 e. The molecule has 0 fully saturated rings. The Bertz CT molecular complexity index is 2320. The Morgan fingerprint density at radius 1 is 0.686 bits per heavy atom. The number of allylic oxidation sites excluding steroid dienone is 6. The van der Waals surface area contributed by atoms with Crippen molar-refractivity contribution in [1.82, 2.24) is 10.6 Å². The Morgan fingerprint density at radius 2 is 1.10 bits per heavy atom. The van der Waals surface area contributed by atoms with Crippen LogP contribution in [0.2, 0.25) is 0 Å². The van der Waals surface area contributed by atoms with Crippen LogP contribution in [0.25, 0.3) is 20.2 Å². The summed E-state index contributed by atoms with van der Waals surface area (Å²) in [4.78, 5) is 49.8. The molecule has 9 nitrogen and oxygen atoms in total. The topological polar surface area (TPSA) is 135 Å². The number of ketones is 2. The van der Waals surface area contributed by atoms with Crippen molar-refractivity contribution in [2.24, 2.45) is 0 Å². The van der Waals surface area contributed by atoms with E-state index in [9.17, 15) is 24.4 Å². The van der Waals surface area contributed by atoms with Crippen molar-refractivity contribution in [3.8, 4) is 6.07 Å². The second-order valence-electron chi connectivity index (χ2n) is 12.2. The number of hydrogen-bond acceptors (Lipinski definition) is 11. The number of nitriles is 1. The van der Waals surface area contributed by atoms with E-state index in [4.69, 9.17) is 9.47 Å². The van der Waals surface area contributed by atoms with E-state index in [1.165, 1.54) is 39.4 Å². The lowest BCUT2D eigenvalue weighted by molar-refractivity contribution is -0.137. The van der Waals surface area contributed by atoms with Gasteiger partial charge in [-0.05, 0) is 111 Å². The van der Waals surface area contributed by atoms with E-state index in [2.05, 4.69) is 32.6 Å². The van der Waals surface area contributed by atoms with Gasteiger partial charge < -0.3 is 20.1 Å². The molecule has 2 aliphatic rings. The highest BCUT2D eigenvalue weighted by atomic mass is 79.9. The summed E-state index contributed by atoms with van der Waals surface area (Å²) in [7, 11) is 2.69. The van der Waals surface area contributed by atoms with Gasteiger partial charge in [-0.3, -0.25) is 9.59 Å². The monoisotopic (exact) mass is 785 g/mol. The predicted octanol–water partition coefficient (Wildman–Crippen LogP) is 8.43. The van der Waals surface area contributed by atoms with Gasteiger partial charge in [-0.15, -0.1) is 22.7 Å². The molecule has 12 heteroatoms. The van der Waals surface area contributed by atoms with Gasteiger partial charge in [-0.25, -0.2) is 9.59 Å². The minimum absolute atomic E-state index is 0.0572. The second-order valence-corrected chi connectivity index (χ2v) is 14.9. The van der Waals surface area contributed by atoms with Crippen LogP contribution >= 0.6 is 38.6 Å². The lowest BCUT2D eigenvalue weighted by atomic mass is 9.79. The van der Waals surface area contributed by atoms with Crippen LogP contribution in [0.3, 0.4) is 0 Å². The van der Waals surface area contributed by atoms with E-state index in [1.807, 2.05) is 55.8 Å². The van der Waals surface area contributed by atoms with Gasteiger partial charge >= 0.3 is 11.9 Å². The standard InChI is InChI=1S/C20H18N2O3S.C19H18BrNO3S/c1-10-17(12(3)23)19(18(11(2)22-10)20(24)25-4)15-9-26-16-6-5-13(8-21)7-14(15)16;1-9-16(11(3)22)18(17(10(2)21-9)19(23)24-4)14-8-25-15-6-5-12(20)7-13(14)15/h5-7,9,19,22H,1-4H3;5-8,18,21H,1-4H3. The number of nitrogens with zero attached hydrogens (tertiary/aromatic N) is 1. The summed E-state index contributed by atoms with van der Waals surface area (Å²) >= 11 is 6.64. The molecule has 51 heavy (non-hydrogen) atoms. The zero-order chi connectivity index (χ0) is 37.3. The Balaban J connectivity index is 0.000000198. The average molecular weight is 787 g/mol. The number of esters is 2. The molecular formula is C39H36BrN3O6S2.